The van der Waals surface area contributed by atoms with Crippen LogP contribution in [0.3, 0.4) is 0 Å². The minimum absolute atomic E-state index is 0.229. The molecule has 1 heterocycles. The molecule has 0 amide bonds. The van der Waals surface area contributed by atoms with Gasteiger partial charge in [0.25, 0.3) is 0 Å². The van der Waals surface area contributed by atoms with E-state index in [1.54, 1.807) is 4.31 Å². The van der Waals surface area contributed by atoms with E-state index < -0.39 is 10.0 Å². The quantitative estimate of drug-likeness (QED) is 0.802. The fourth-order valence-corrected chi connectivity index (χ4v) is 5.00. The zero-order chi connectivity index (χ0) is 11.6. The molecule has 2 unspecified atom stereocenters. The van der Waals surface area contributed by atoms with Gasteiger partial charge in [-0.25, -0.2) is 8.42 Å². The first-order valence-corrected chi connectivity index (χ1v) is 7.95. The lowest BCUT2D eigenvalue weighted by Gasteiger charge is -2.36. The number of fused-ring (bicyclic) bond motifs is 1. The Labute approximate surface area is 98.2 Å². The predicted octanol–water partition coefficient (Wildman–Crippen LogP) is 0.929. The highest BCUT2D eigenvalue weighted by Gasteiger charge is 2.40. The van der Waals surface area contributed by atoms with Gasteiger partial charge in [0.2, 0.25) is 10.0 Å². The fourth-order valence-electron chi connectivity index (χ4n) is 3.14. The SMILES string of the molecule is NCCCS(=O)(=O)N1CCCC2CCCC21. The Balaban J connectivity index is 2.07. The third kappa shape index (κ3) is 2.41. The van der Waals surface area contributed by atoms with Crippen molar-refractivity contribution in [3.05, 3.63) is 0 Å². The molecule has 94 valence electrons. The lowest BCUT2D eigenvalue weighted by molar-refractivity contribution is 0.202. The summed E-state index contributed by atoms with van der Waals surface area (Å²) in [7, 11) is -3.05. The summed E-state index contributed by atoms with van der Waals surface area (Å²) in [4.78, 5) is 0. The van der Waals surface area contributed by atoms with Gasteiger partial charge < -0.3 is 5.73 Å². The molecule has 1 saturated carbocycles. The van der Waals surface area contributed by atoms with Crippen molar-refractivity contribution in [3.8, 4) is 0 Å². The van der Waals surface area contributed by atoms with Gasteiger partial charge in [0.1, 0.15) is 0 Å². The second-order valence-corrected chi connectivity index (χ2v) is 7.01. The highest BCUT2D eigenvalue weighted by Crippen LogP contribution is 2.38. The Bertz CT molecular complexity index is 329. The first-order valence-electron chi connectivity index (χ1n) is 6.35. The molecular weight excluding hydrogens is 224 g/mol. The van der Waals surface area contributed by atoms with Crippen LogP contribution in [0.5, 0.6) is 0 Å². The van der Waals surface area contributed by atoms with Gasteiger partial charge in [-0.2, -0.15) is 4.31 Å². The van der Waals surface area contributed by atoms with E-state index in [2.05, 4.69) is 0 Å². The van der Waals surface area contributed by atoms with Gasteiger partial charge in [-0.15, -0.1) is 0 Å². The van der Waals surface area contributed by atoms with Crippen LogP contribution in [0.2, 0.25) is 0 Å². The molecule has 1 aliphatic carbocycles. The molecule has 4 nitrogen and oxygen atoms in total. The Hall–Kier alpha value is -0.130. The van der Waals surface area contributed by atoms with Crippen molar-refractivity contribution >= 4 is 10.0 Å². The predicted molar refractivity (Wildman–Crippen MR) is 64.5 cm³/mol. The highest BCUT2D eigenvalue weighted by atomic mass is 32.2. The van der Waals surface area contributed by atoms with Crippen molar-refractivity contribution in [2.24, 2.45) is 11.7 Å². The second-order valence-electron chi connectivity index (χ2n) is 4.97. The molecular formula is C11H22N2O2S. The number of sulfonamides is 1. The molecule has 1 aliphatic heterocycles. The average molecular weight is 246 g/mol. The highest BCUT2D eigenvalue weighted by molar-refractivity contribution is 7.89. The second kappa shape index (κ2) is 5.02. The van der Waals surface area contributed by atoms with E-state index in [1.807, 2.05) is 0 Å². The molecule has 0 radical (unpaired) electrons. The molecule has 2 aliphatic rings. The molecule has 1 saturated heterocycles. The van der Waals surface area contributed by atoms with Gasteiger partial charge in [0.05, 0.1) is 5.75 Å². The zero-order valence-electron chi connectivity index (χ0n) is 9.77. The van der Waals surface area contributed by atoms with Crippen LogP contribution < -0.4 is 5.73 Å². The molecule has 2 rings (SSSR count). The largest absolute Gasteiger partial charge is 0.330 e. The normalized spacial score (nSPS) is 31.6. The Kier molecular flexibility index (Phi) is 3.87. The first kappa shape index (κ1) is 12.3. The number of hydrogen-bond acceptors (Lipinski definition) is 3. The molecule has 2 N–H and O–H groups in total. The first-order chi connectivity index (χ1) is 7.65. The van der Waals surface area contributed by atoms with Gasteiger partial charge in [0.15, 0.2) is 0 Å². The van der Waals surface area contributed by atoms with Crippen LogP contribution in [0.4, 0.5) is 0 Å². The zero-order valence-corrected chi connectivity index (χ0v) is 10.6. The molecule has 5 heteroatoms. The molecule has 0 aromatic heterocycles. The number of piperidine rings is 1. The summed E-state index contributed by atoms with van der Waals surface area (Å²) in [5.41, 5.74) is 5.39. The Morgan fingerprint density at radius 2 is 1.94 bits per heavy atom. The van der Waals surface area contributed by atoms with E-state index in [0.717, 1.165) is 19.4 Å². The lowest BCUT2D eigenvalue weighted by atomic mass is 9.94. The molecule has 0 aromatic rings. The van der Waals surface area contributed by atoms with Crippen LogP contribution in [0.15, 0.2) is 0 Å². The summed E-state index contributed by atoms with van der Waals surface area (Å²) < 4.78 is 26.1. The van der Waals surface area contributed by atoms with Crippen LogP contribution in [0.1, 0.15) is 38.5 Å². The number of hydrogen-bond donors (Lipinski definition) is 1. The van der Waals surface area contributed by atoms with E-state index in [-0.39, 0.29) is 5.75 Å². The van der Waals surface area contributed by atoms with Gasteiger partial charge in [-0.05, 0) is 44.6 Å². The fraction of sp³-hybridized carbons (Fsp3) is 1.00. The minimum Gasteiger partial charge on any atom is -0.330 e. The van der Waals surface area contributed by atoms with E-state index >= 15 is 0 Å². The lowest BCUT2D eigenvalue weighted by Crippen LogP contribution is -2.47. The summed E-state index contributed by atoms with van der Waals surface area (Å²) in [6.07, 6.45) is 6.30. The Morgan fingerprint density at radius 1 is 1.19 bits per heavy atom. The van der Waals surface area contributed by atoms with E-state index in [4.69, 9.17) is 5.73 Å². The topological polar surface area (TPSA) is 63.4 Å². The molecule has 2 fully saturated rings. The summed E-state index contributed by atoms with van der Waals surface area (Å²) in [6.45, 7) is 1.19. The van der Waals surface area contributed by atoms with E-state index in [9.17, 15) is 8.42 Å². The van der Waals surface area contributed by atoms with Crippen LogP contribution in [0.25, 0.3) is 0 Å². The molecule has 16 heavy (non-hydrogen) atoms. The summed E-state index contributed by atoms with van der Waals surface area (Å²) >= 11 is 0. The monoisotopic (exact) mass is 246 g/mol. The van der Waals surface area contributed by atoms with Crippen molar-refractivity contribution in [1.29, 1.82) is 0 Å². The molecule has 0 bridgehead atoms. The van der Waals surface area contributed by atoms with Crippen LogP contribution in [-0.4, -0.2) is 37.6 Å². The minimum atomic E-state index is -3.05. The van der Waals surface area contributed by atoms with Crippen molar-refractivity contribution < 1.29 is 8.42 Å². The summed E-state index contributed by atoms with van der Waals surface area (Å²) in [6, 6.07) is 0.302. The van der Waals surface area contributed by atoms with Crippen molar-refractivity contribution in [1.82, 2.24) is 4.31 Å². The molecule has 0 spiro atoms. The number of nitrogens with two attached hydrogens (primary N) is 1. The maximum atomic E-state index is 12.2. The van der Waals surface area contributed by atoms with Crippen LogP contribution >= 0.6 is 0 Å². The van der Waals surface area contributed by atoms with Crippen LogP contribution in [0, 0.1) is 5.92 Å². The average Bonchev–Trinajstić information content (AvgIpc) is 2.73. The van der Waals surface area contributed by atoms with Crippen LogP contribution in [-0.2, 0) is 10.0 Å². The number of nitrogens with zero attached hydrogens (tertiary/aromatic N) is 1. The third-order valence-corrected chi connectivity index (χ3v) is 5.88. The van der Waals surface area contributed by atoms with Gasteiger partial charge >= 0.3 is 0 Å². The summed E-state index contributed by atoms with van der Waals surface area (Å²) in [5, 5.41) is 0. The number of rotatable bonds is 4. The summed E-state index contributed by atoms with van der Waals surface area (Å²) in [5.74, 6) is 0.855. The van der Waals surface area contributed by atoms with Gasteiger partial charge in [0, 0.05) is 12.6 Å². The van der Waals surface area contributed by atoms with Crippen molar-refractivity contribution in [3.63, 3.8) is 0 Å². The smallest absolute Gasteiger partial charge is 0.214 e. The standard InChI is InChI=1S/C11H22N2O2S/c12-7-3-9-16(14,15)13-8-2-5-10-4-1-6-11(10)13/h10-11H,1-9,12H2. The van der Waals surface area contributed by atoms with Gasteiger partial charge in [-0.3, -0.25) is 0 Å². The molecule has 0 aromatic carbocycles. The van der Waals surface area contributed by atoms with Crippen molar-refractivity contribution in [2.45, 2.75) is 44.6 Å². The van der Waals surface area contributed by atoms with E-state index in [0.29, 0.717) is 24.9 Å². The Morgan fingerprint density at radius 3 is 2.69 bits per heavy atom. The third-order valence-electron chi connectivity index (χ3n) is 3.91. The maximum Gasteiger partial charge on any atom is 0.214 e. The maximum absolute atomic E-state index is 12.2. The molecule has 2 atom stereocenters. The van der Waals surface area contributed by atoms with E-state index in [1.165, 1.54) is 19.3 Å². The van der Waals surface area contributed by atoms with Crippen molar-refractivity contribution in [2.75, 3.05) is 18.8 Å². The van der Waals surface area contributed by atoms with Gasteiger partial charge in [-0.1, -0.05) is 6.42 Å².